The first-order valence-electron chi connectivity index (χ1n) is 7.68. The molecule has 0 radical (unpaired) electrons. The van der Waals surface area contributed by atoms with Crippen LogP contribution in [-0.4, -0.2) is 26.6 Å². The Morgan fingerprint density at radius 3 is 2.48 bits per heavy atom. The number of nitrogens with zero attached hydrogens (tertiary/aromatic N) is 1. The fourth-order valence-corrected chi connectivity index (χ4v) is 4.27. The van der Waals surface area contributed by atoms with Crippen LogP contribution in [-0.2, 0) is 26.8 Å². The van der Waals surface area contributed by atoms with E-state index in [2.05, 4.69) is 0 Å². The molecule has 0 unspecified atom stereocenters. The number of sulfone groups is 1. The summed E-state index contributed by atoms with van der Waals surface area (Å²) in [5.41, 5.74) is 2.66. The zero-order valence-corrected chi connectivity index (χ0v) is 13.6. The van der Waals surface area contributed by atoms with Crippen molar-refractivity contribution < 1.29 is 13.2 Å². The van der Waals surface area contributed by atoms with Crippen molar-refractivity contribution in [2.24, 2.45) is 0 Å². The van der Waals surface area contributed by atoms with Gasteiger partial charge in [-0.25, -0.2) is 8.42 Å². The van der Waals surface area contributed by atoms with Gasteiger partial charge in [0, 0.05) is 12.2 Å². The third-order valence-electron chi connectivity index (χ3n) is 3.98. The number of amides is 1. The number of benzene rings is 2. The summed E-state index contributed by atoms with van der Waals surface area (Å²) in [5, 5.41) is 0. The summed E-state index contributed by atoms with van der Waals surface area (Å²) in [4.78, 5) is 14.1. The molecule has 0 bridgehead atoms. The molecule has 23 heavy (non-hydrogen) atoms. The third-order valence-corrected chi connectivity index (χ3v) is 5.44. The molecule has 0 N–H and O–H groups in total. The van der Waals surface area contributed by atoms with Crippen LogP contribution in [0.5, 0.6) is 0 Å². The molecule has 0 aliphatic carbocycles. The number of rotatable bonds is 4. The van der Waals surface area contributed by atoms with Gasteiger partial charge in [-0.15, -0.1) is 0 Å². The fraction of sp³-hybridized carbons (Fsp3) is 0.278. The number of fused-ring (bicyclic) bond motifs is 1. The van der Waals surface area contributed by atoms with E-state index in [4.69, 9.17) is 0 Å². The first-order valence-corrected chi connectivity index (χ1v) is 9.50. The minimum atomic E-state index is -3.48. The van der Waals surface area contributed by atoms with Crippen LogP contribution in [0.1, 0.15) is 17.5 Å². The molecule has 1 amide bonds. The second kappa shape index (κ2) is 6.54. The third kappa shape index (κ3) is 3.79. The predicted molar refractivity (Wildman–Crippen MR) is 91.0 cm³/mol. The van der Waals surface area contributed by atoms with Crippen LogP contribution in [0.3, 0.4) is 0 Å². The van der Waals surface area contributed by atoms with Crippen molar-refractivity contribution in [2.75, 3.05) is 17.2 Å². The SMILES string of the molecule is O=C(CS(=O)(=O)Cc1ccccc1)N1CCCc2ccccc21. The van der Waals surface area contributed by atoms with Gasteiger partial charge in [-0.3, -0.25) is 4.79 Å². The largest absolute Gasteiger partial charge is 0.311 e. The van der Waals surface area contributed by atoms with Crippen molar-refractivity contribution in [3.8, 4) is 0 Å². The van der Waals surface area contributed by atoms with Gasteiger partial charge in [-0.1, -0.05) is 48.5 Å². The Bertz CT molecular complexity index is 800. The highest BCUT2D eigenvalue weighted by Gasteiger charge is 2.26. The number of hydrogen-bond donors (Lipinski definition) is 0. The van der Waals surface area contributed by atoms with E-state index in [-0.39, 0.29) is 11.7 Å². The molecule has 0 spiro atoms. The van der Waals surface area contributed by atoms with Gasteiger partial charge in [-0.2, -0.15) is 0 Å². The quantitative estimate of drug-likeness (QED) is 0.866. The van der Waals surface area contributed by atoms with Crippen LogP contribution < -0.4 is 4.90 Å². The highest BCUT2D eigenvalue weighted by Crippen LogP contribution is 2.27. The molecule has 5 heteroatoms. The molecular weight excluding hydrogens is 310 g/mol. The fourth-order valence-electron chi connectivity index (χ4n) is 2.94. The Balaban J connectivity index is 1.75. The summed E-state index contributed by atoms with van der Waals surface area (Å²) in [5.74, 6) is -0.890. The standard InChI is InChI=1S/C18H19NO3S/c20-18(14-23(21,22)13-15-7-2-1-3-8-15)19-12-6-10-16-9-4-5-11-17(16)19/h1-5,7-9,11H,6,10,12-14H2. The van der Waals surface area contributed by atoms with Crippen LogP contribution >= 0.6 is 0 Å². The van der Waals surface area contributed by atoms with Gasteiger partial charge in [0.05, 0.1) is 5.75 Å². The second-order valence-corrected chi connectivity index (χ2v) is 7.86. The second-order valence-electron chi connectivity index (χ2n) is 5.80. The molecule has 0 saturated heterocycles. The van der Waals surface area contributed by atoms with Gasteiger partial charge in [-0.05, 0) is 30.0 Å². The highest BCUT2D eigenvalue weighted by atomic mass is 32.2. The van der Waals surface area contributed by atoms with Gasteiger partial charge < -0.3 is 4.90 Å². The molecule has 3 rings (SSSR count). The summed E-state index contributed by atoms with van der Waals surface area (Å²) in [7, 11) is -3.48. The maximum atomic E-state index is 12.5. The molecule has 2 aromatic rings. The molecule has 0 aromatic heterocycles. The minimum Gasteiger partial charge on any atom is -0.311 e. The monoisotopic (exact) mass is 329 g/mol. The smallest absolute Gasteiger partial charge is 0.242 e. The minimum absolute atomic E-state index is 0.102. The van der Waals surface area contributed by atoms with Gasteiger partial charge in [0.1, 0.15) is 5.75 Å². The summed E-state index contributed by atoms with van der Waals surface area (Å²) in [6, 6.07) is 16.7. The van der Waals surface area contributed by atoms with Crippen molar-refractivity contribution in [2.45, 2.75) is 18.6 Å². The van der Waals surface area contributed by atoms with E-state index in [1.54, 1.807) is 29.2 Å². The van der Waals surface area contributed by atoms with Crippen molar-refractivity contribution in [3.05, 3.63) is 65.7 Å². The lowest BCUT2D eigenvalue weighted by atomic mass is 10.0. The van der Waals surface area contributed by atoms with Gasteiger partial charge in [0.15, 0.2) is 9.84 Å². The van der Waals surface area contributed by atoms with Crippen LogP contribution in [0.2, 0.25) is 0 Å². The van der Waals surface area contributed by atoms with Crippen LogP contribution in [0, 0.1) is 0 Å². The number of para-hydroxylation sites is 1. The van der Waals surface area contributed by atoms with Gasteiger partial charge >= 0.3 is 0 Å². The first-order chi connectivity index (χ1) is 11.1. The van der Waals surface area contributed by atoms with Crippen molar-refractivity contribution in [3.63, 3.8) is 0 Å². The van der Waals surface area contributed by atoms with Crippen molar-refractivity contribution >= 4 is 21.4 Å². The summed E-state index contributed by atoms with van der Waals surface area (Å²) < 4.78 is 24.6. The normalized spacial score (nSPS) is 14.3. The average Bonchev–Trinajstić information content (AvgIpc) is 2.54. The number of hydrogen-bond acceptors (Lipinski definition) is 3. The Labute approximate surface area is 136 Å². The van der Waals surface area contributed by atoms with Crippen LogP contribution in [0.4, 0.5) is 5.69 Å². The summed E-state index contributed by atoms with van der Waals surface area (Å²) >= 11 is 0. The topological polar surface area (TPSA) is 54.5 Å². The van der Waals surface area contributed by atoms with E-state index in [9.17, 15) is 13.2 Å². The Hall–Kier alpha value is -2.14. The first kappa shape index (κ1) is 15.7. The Morgan fingerprint density at radius 1 is 1.00 bits per heavy atom. The van der Waals surface area contributed by atoms with Crippen molar-refractivity contribution in [1.82, 2.24) is 0 Å². The molecule has 1 aliphatic heterocycles. The zero-order chi connectivity index (χ0) is 16.3. The molecule has 4 nitrogen and oxygen atoms in total. The van der Waals surface area contributed by atoms with E-state index >= 15 is 0 Å². The van der Waals surface area contributed by atoms with E-state index < -0.39 is 15.6 Å². The molecule has 0 saturated carbocycles. The highest BCUT2D eigenvalue weighted by molar-refractivity contribution is 7.91. The molecule has 120 valence electrons. The number of anilines is 1. The van der Waals surface area contributed by atoms with E-state index in [1.165, 1.54) is 0 Å². The lowest BCUT2D eigenvalue weighted by Crippen LogP contribution is -2.39. The molecule has 1 aliphatic rings. The summed E-state index contributed by atoms with van der Waals surface area (Å²) in [6.07, 6.45) is 1.79. The van der Waals surface area contributed by atoms with Crippen LogP contribution in [0.15, 0.2) is 54.6 Å². The number of aryl methyl sites for hydroxylation is 1. The van der Waals surface area contributed by atoms with Crippen molar-refractivity contribution in [1.29, 1.82) is 0 Å². The lowest BCUT2D eigenvalue weighted by Gasteiger charge is -2.29. The average molecular weight is 329 g/mol. The lowest BCUT2D eigenvalue weighted by molar-refractivity contribution is -0.116. The maximum Gasteiger partial charge on any atom is 0.242 e. The Morgan fingerprint density at radius 2 is 1.70 bits per heavy atom. The molecular formula is C18H19NO3S. The van der Waals surface area contributed by atoms with E-state index in [0.717, 1.165) is 24.1 Å². The molecule has 0 fully saturated rings. The zero-order valence-electron chi connectivity index (χ0n) is 12.8. The maximum absolute atomic E-state index is 12.5. The number of carbonyl (C=O) groups is 1. The van der Waals surface area contributed by atoms with Gasteiger partial charge in [0.2, 0.25) is 5.91 Å². The van der Waals surface area contributed by atoms with Gasteiger partial charge in [0.25, 0.3) is 0 Å². The predicted octanol–water partition coefficient (Wildman–Crippen LogP) is 2.58. The molecule has 1 heterocycles. The van der Waals surface area contributed by atoms with Crippen LogP contribution in [0.25, 0.3) is 0 Å². The molecule has 2 aromatic carbocycles. The molecule has 0 atom stereocenters. The number of carbonyl (C=O) groups excluding carboxylic acids is 1. The van der Waals surface area contributed by atoms with E-state index in [1.807, 2.05) is 30.3 Å². The summed E-state index contributed by atoms with van der Waals surface area (Å²) in [6.45, 7) is 0.580. The van der Waals surface area contributed by atoms with E-state index in [0.29, 0.717) is 12.1 Å². The Kier molecular flexibility index (Phi) is 4.48.